The molecular weight excluding hydrogens is 403 g/mol. The van der Waals surface area contributed by atoms with Crippen molar-refractivity contribution in [3.63, 3.8) is 0 Å². The van der Waals surface area contributed by atoms with Crippen molar-refractivity contribution in [2.24, 2.45) is 5.73 Å². The molecule has 0 atom stereocenters. The number of rotatable bonds is 3. The Kier molecular flexibility index (Phi) is 6.18. The van der Waals surface area contributed by atoms with Crippen LogP contribution in [0.25, 0.3) is 0 Å². The van der Waals surface area contributed by atoms with Crippen LogP contribution in [0, 0.1) is 0 Å². The Morgan fingerprint density at radius 2 is 1.85 bits per heavy atom. The Balaban J connectivity index is 0.00000261. The lowest BCUT2D eigenvalue weighted by molar-refractivity contribution is -0.137. The molecule has 0 fully saturated rings. The molecule has 3 N–H and O–H groups in total. The molecule has 0 unspecified atom stereocenters. The van der Waals surface area contributed by atoms with Gasteiger partial charge in [-0.05, 0) is 43.3 Å². The summed E-state index contributed by atoms with van der Waals surface area (Å²) in [5.74, 6) is -1.22. The number of fused-ring (bicyclic) bond motifs is 1. The number of nitrogens with zero attached hydrogens (tertiary/aromatic N) is 1. The number of alkyl halides is 3. The minimum Gasteiger partial charge on any atom is -0.365 e. The van der Waals surface area contributed by atoms with E-state index in [9.17, 15) is 22.8 Å². The molecule has 0 saturated heterocycles. The maximum absolute atomic E-state index is 12.6. The van der Waals surface area contributed by atoms with Crippen molar-refractivity contribution in [3.05, 3.63) is 51.4 Å². The highest BCUT2D eigenvalue weighted by atomic mass is 35.5. The van der Waals surface area contributed by atoms with Gasteiger partial charge in [-0.3, -0.25) is 9.59 Å². The lowest BCUT2D eigenvalue weighted by atomic mass is 10.0. The maximum Gasteiger partial charge on any atom is 0.416 e. The number of nitrogens with one attached hydrogen (secondary N) is 1. The standard InChI is InChI=1S/C17H16F3N3O2S.ClH/c1-23-7-6-11-12(8-23)26-16(13(11)14(21)24)22-15(25)9-2-4-10(5-3-9)17(18,19)20;/h2-5H,6-8H2,1H3,(H2,21,24)(H,22,25);1H. The molecule has 2 heterocycles. The molecule has 1 aliphatic heterocycles. The Labute approximate surface area is 163 Å². The Bertz CT molecular complexity index is 866. The molecule has 0 spiro atoms. The van der Waals surface area contributed by atoms with E-state index in [0.717, 1.165) is 41.3 Å². The van der Waals surface area contributed by atoms with Crippen LogP contribution < -0.4 is 11.1 Å². The normalized spacial score (nSPS) is 14.2. The highest BCUT2D eigenvalue weighted by Crippen LogP contribution is 2.37. The van der Waals surface area contributed by atoms with Gasteiger partial charge in [0.05, 0.1) is 11.1 Å². The van der Waals surface area contributed by atoms with Crippen LogP contribution in [0.1, 0.15) is 36.7 Å². The molecule has 0 bridgehead atoms. The first-order valence-electron chi connectivity index (χ1n) is 7.78. The van der Waals surface area contributed by atoms with Crippen molar-refractivity contribution in [2.45, 2.75) is 19.1 Å². The van der Waals surface area contributed by atoms with Crippen molar-refractivity contribution in [2.75, 3.05) is 18.9 Å². The Morgan fingerprint density at radius 1 is 1.22 bits per heavy atom. The molecule has 2 aromatic rings. The number of primary amides is 1. The minimum absolute atomic E-state index is 0. The van der Waals surface area contributed by atoms with Gasteiger partial charge in [0, 0.05) is 23.5 Å². The fourth-order valence-corrected chi connectivity index (χ4v) is 4.19. The Morgan fingerprint density at radius 3 is 2.41 bits per heavy atom. The number of carbonyl (C=O) groups excluding carboxylic acids is 2. The van der Waals surface area contributed by atoms with Crippen LogP contribution in [-0.2, 0) is 19.1 Å². The van der Waals surface area contributed by atoms with Crippen LogP contribution in [0.3, 0.4) is 0 Å². The number of thiophene rings is 1. The molecule has 0 radical (unpaired) electrons. The van der Waals surface area contributed by atoms with Crippen molar-refractivity contribution >= 4 is 40.6 Å². The molecule has 2 amide bonds. The molecular formula is C17H17ClF3N3O2S. The minimum atomic E-state index is -4.47. The number of carbonyl (C=O) groups is 2. The number of anilines is 1. The van der Waals surface area contributed by atoms with Gasteiger partial charge in [-0.25, -0.2) is 0 Å². The van der Waals surface area contributed by atoms with Crippen LogP contribution in [0.5, 0.6) is 0 Å². The van der Waals surface area contributed by atoms with Gasteiger partial charge >= 0.3 is 6.18 Å². The zero-order chi connectivity index (χ0) is 19.1. The van der Waals surface area contributed by atoms with Gasteiger partial charge in [-0.2, -0.15) is 13.2 Å². The van der Waals surface area contributed by atoms with E-state index in [4.69, 9.17) is 5.73 Å². The van der Waals surface area contributed by atoms with Crippen LogP contribution in [0.2, 0.25) is 0 Å². The summed E-state index contributed by atoms with van der Waals surface area (Å²) in [6, 6.07) is 3.89. The predicted octanol–water partition coefficient (Wildman–Crippen LogP) is 3.53. The van der Waals surface area contributed by atoms with E-state index in [0.29, 0.717) is 23.5 Å². The lowest BCUT2D eigenvalue weighted by Crippen LogP contribution is -2.27. The summed E-state index contributed by atoms with van der Waals surface area (Å²) >= 11 is 1.27. The molecule has 1 aromatic carbocycles. The lowest BCUT2D eigenvalue weighted by Gasteiger charge is -2.22. The van der Waals surface area contributed by atoms with Gasteiger partial charge in [-0.1, -0.05) is 0 Å². The third kappa shape index (κ3) is 4.42. The molecule has 3 rings (SSSR count). The summed E-state index contributed by atoms with van der Waals surface area (Å²) in [7, 11) is 1.95. The van der Waals surface area contributed by atoms with Crippen LogP contribution in [0.15, 0.2) is 24.3 Å². The number of hydrogen-bond donors (Lipinski definition) is 2. The van der Waals surface area contributed by atoms with E-state index in [1.165, 1.54) is 11.3 Å². The largest absolute Gasteiger partial charge is 0.416 e. The monoisotopic (exact) mass is 419 g/mol. The first kappa shape index (κ1) is 21.2. The van der Waals surface area contributed by atoms with Crippen molar-refractivity contribution in [1.29, 1.82) is 0 Å². The molecule has 10 heteroatoms. The van der Waals surface area contributed by atoms with Crippen molar-refractivity contribution < 1.29 is 22.8 Å². The van der Waals surface area contributed by atoms with E-state index in [1.807, 2.05) is 7.05 Å². The molecule has 146 valence electrons. The maximum atomic E-state index is 12.6. The third-order valence-electron chi connectivity index (χ3n) is 4.20. The van der Waals surface area contributed by atoms with Gasteiger partial charge in [-0.15, -0.1) is 23.7 Å². The summed E-state index contributed by atoms with van der Waals surface area (Å²) < 4.78 is 37.9. The van der Waals surface area contributed by atoms with Crippen LogP contribution >= 0.6 is 23.7 Å². The smallest absolute Gasteiger partial charge is 0.365 e. The first-order chi connectivity index (χ1) is 12.2. The van der Waals surface area contributed by atoms with E-state index in [2.05, 4.69) is 10.2 Å². The number of hydrogen-bond acceptors (Lipinski definition) is 4. The highest BCUT2D eigenvalue weighted by molar-refractivity contribution is 7.17. The van der Waals surface area contributed by atoms with E-state index < -0.39 is 23.6 Å². The van der Waals surface area contributed by atoms with Gasteiger partial charge in [0.1, 0.15) is 5.00 Å². The average molecular weight is 420 g/mol. The zero-order valence-electron chi connectivity index (χ0n) is 14.2. The number of amides is 2. The number of halogens is 4. The second kappa shape index (κ2) is 7.87. The van der Waals surface area contributed by atoms with Gasteiger partial charge in [0.15, 0.2) is 0 Å². The number of nitrogens with two attached hydrogens (primary N) is 1. The summed E-state index contributed by atoms with van der Waals surface area (Å²) in [5.41, 5.74) is 5.84. The average Bonchev–Trinajstić information content (AvgIpc) is 2.91. The van der Waals surface area contributed by atoms with Crippen molar-refractivity contribution in [1.82, 2.24) is 4.90 Å². The molecule has 27 heavy (non-hydrogen) atoms. The Hall–Kier alpha value is -2.10. The zero-order valence-corrected chi connectivity index (χ0v) is 15.9. The molecule has 1 aliphatic rings. The molecule has 0 aliphatic carbocycles. The predicted molar refractivity (Wildman–Crippen MR) is 99.5 cm³/mol. The second-order valence-corrected chi connectivity index (χ2v) is 7.19. The number of benzene rings is 1. The third-order valence-corrected chi connectivity index (χ3v) is 5.33. The molecule has 1 aromatic heterocycles. The first-order valence-corrected chi connectivity index (χ1v) is 8.60. The van der Waals surface area contributed by atoms with Crippen LogP contribution in [-0.4, -0.2) is 30.3 Å². The fraction of sp³-hybridized carbons (Fsp3) is 0.294. The summed E-state index contributed by atoms with van der Waals surface area (Å²) in [6.45, 7) is 1.42. The quantitative estimate of drug-likeness (QED) is 0.799. The second-order valence-electron chi connectivity index (χ2n) is 6.09. The van der Waals surface area contributed by atoms with Crippen LogP contribution in [0.4, 0.5) is 18.2 Å². The topological polar surface area (TPSA) is 75.4 Å². The molecule has 0 saturated carbocycles. The summed E-state index contributed by atoms with van der Waals surface area (Å²) in [5, 5.41) is 2.95. The van der Waals surface area contributed by atoms with Gasteiger partial charge in [0.25, 0.3) is 11.8 Å². The van der Waals surface area contributed by atoms with E-state index in [-0.39, 0.29) is 18.0 Å². The SMILES string of the molecule is CN1CCc2c(sc(NC(=O)c3ccc(C(F)(F)F)cc3)c2C(N)=O)C1.Cl. The van der Waals surface area contributed by atoms with Crippen molar-refractivity contribution in [3.8, 4) is 0 Å². The summed E-state index contributed by atoms with van der Waals surface area (Å²) in [4.78, 5) is 27.3. The number of likely N-dealkylation sites (N-methyl/N-ethyl adjacent to an activating group) is 1. The van der Waals surface area contributed by atoms with Gasteiger partial charge in [0.2, 0.25) is 0 Å². The summed E-state index contributed by atoms with van der Waals surface area (Å²) in [6.07, 6.45) is -3.82. The molecule has 5 nitrogen and oxygen atoms in total. The van der Waals surface area contributed by atoms with E-state index in [1.54, 1.807) is 0 Å². The van der Waals surface area contributed by atoms with Gasteiger partial charge < -0.3 is 16.0 Å². The highest BCUT2D eigenvalue weighted by Gasteiger charge is 2.30. The van der Waals surface area contributed by atoms with E-state index >= 15 is 0 Å². The fourth-order valence-electron chi connectivity index (χ4n) is 2.87.